The van der Waals surface area contributed by atoms with Crippen LogP contribution in [-0.2, 0) is 18.6 Å². The number of hydrogen-bond acceptors (Lipinski definition) is 6. The summed E-state index contributed by atoms with van der Waals surface area (Å²) in [6, 6.07) is 17.1. The second-order valence-electron chi connectivity index (χ2n) is 4.66. The van der Waals surface area contributed by atoms with Crippen LogP contribution in [0.1, 0.15) is 13.3 Å². The number of esters is 1. The van der Waals surface area contributed by atoms with Gasteiger partial charge in [-0.15, -0.1) is 0 Å². The molecule has 128 valence electrons. The molecular formula is C17H19O6P. The molecule has 0 unspecified atom stereocenters. The van der Waals surface area contributed by atoms with Crippen LogP contribution >= 0.6 is 7.82 Å². The third kappa shape index (κ3) is 6.07. The van der Waals surface area contributed by atoms with Crippen molar-refractivity contribution in [2.45, 2.75) is 13.3 Å². The normalized spacial score (nSPS) is 10.9. The summed E-state index contributed by atoms with van der Waals surface area (Å²) in [4.78, 5) is 11.1. The highest BCUT2D eigenvalue weighted by Crippen LogP contribution is 2.49. The summed E-state index contributed by atoms with van der Waals surface area (Å²) < 4.78 is 33.8. The smallest absolute Gasteiger partial charge is 0.463 e. The Bertz CT molecular complexity index is 628. The minimum absolute atomic E-state index is 0.0348. The van der Waals surface area contributed by atoms with E-state index in [0.29, 0.717) is 11.5 Å². The van der Waals surface area contributed by atoms with Crippen molar-refractivity contribution in [2.75, 3.05) is 13.2 Å². The van der Waals surface area contributed by atoms with Gasteiger partial charge in [-0.1, -0.05) is 43.3 Å². The predicted octanol–water partition coefficient (Wildman–Crippen LogP) is 4.22. The maximum absolute atomic E-state index is 12.9. The van der Waals surface area contributed by atoms with Crippen LogP contribution in [0.15, 0.2) is 60.7 Å². The Kier molecular flexibility index (Phi) is 6.85. The Morgan fingerprint density at radius 1 is 0.875 bits per heavy atom. The molecule has 7 heteroatoms. The van der Waals surface area contributed by atoms with Gasteiger partial charge in [-0.2, -0.15) is 0 Å². The van der Waals surface area contributed by atoms with E-state index in [9.17, 15) is 9.36 Å². The number of carbonyl (C=O) groups excluding carboxylic acids is 1. The number of phosphoric ester groups is 1. The van der Waals surface area contributed by atoms with E-state index in [2.05, 4.69) is 0 Å². The molecular weight excluding hydrogens is 331 g/mol. The highest BCUT2D eigenvalue weighted by atomic mass is 31.2. The van der Waals surface area contributed by atoms with Gasteiger partial charge >= 0.3 is 13.8 Å². The average molecular weight is 350 g/mol. The molecule has 0 atom stereocenters. The monoisotopic (exact) mass is 350 g/mol. The van der Waals surface area contributed by atoms with E-state index in [4.69, 9.17) is 18.3 Å². The van der Waals surface area contributed by atoms with E-state index in [0.717, 1.165) is 0 Å². The lowest BCUT2D eigenvalue weighted by molar-refractivity contribution is -0.144. The molecule has 0 heterocycles. The van der Waals surface area contributed by atoms with Crippen LogP contribution in [0.4, 0.5) is 0 Å². The van der Waals surface area contributed by atoms with Crippen molar-refractivity contribution < 1.29 is 27.7 Å². The molecule has 2 aromatic carbocycles. The summed E-state index contributed by atoms with van der Waals surface area (Å²) in [7, 11) is -3.92. The fraction of sp³-hybridized carbons (Fsp3) is 0.235. The van der Waals surface area contributed by atoms with Gasteiger partial charge in [0.05, 0.1) is 6.61 Å². The molecule has 0 aliphatic carbocycles. The lowest BCUT2D eigenvalue weighted by atomic mass is 10.3. The maximum atomic E-state index is 12.9. The summed E-state index contributed by atoms with van der Waals surface area (Å²) in [5.41, 5.74) is 0. The molecule has 0 aromatic heterocycles. The topological polar surface area (TPSA) is 71.1 Å². The summed E-state index contributed by atoms with van der Waals surface area (Å²) in [5, 5.41) is 0. The molecule has 0 aliphatic heterocycles. The van der Waals surface area contributed by atoms with Crippen LogP contribution in [0, 0.1) is 0 Å². The maximum Gasteiger partial charge on any atom is 0.587 e. The predicted molar refractivity (Wildman–Crippen MR) is 88.9 cm³/mol. The molecule has 0 fully saturated rings. The Labute approximate surface area is 140 Å². The van der Waals surface area contributed by atoms with Crippen LogP contribution in [-0.4, -0.2) is 19.2 Å². The molecule has 0 spiro atoms. The number of benzene rings is 2. The van der Waals surface area contributed by atoms with Gasteiger partial charge in [-0.05, 0) is 24.3 Å². The molecule has 24 heavy (non-hydrogen) atoms. The van der Waals surface area contributed by atoms with Crippen molar-refractivity contribution in [3.05, 3.63) is 60.7 Å². The summed E-state index contributed by atoms with van der Waals surface area (Å²) in [5.74, 6) is 0.339. The highest BCUT2D eigenvalue weighted by Gasteiger charge is 2.30. The number of hydrogen-bond donors (Lipinski definition) is 0. The zero-order valence-corrected chi connectivity index (χ0v) is 14.2. The molecule has 2 aromatic rings. The number of para-hydroxylation sites is 2. The Balaban J connectivity index is 2.03. The van der Waals surface area contributed by atoms with E-state index in [1.807, 2.05) is 0 Å². The fourth-order valence-electron chi connectivity index (χ4n) is 1.70. The van der Waals surface area contributed by atoms with Gasteiger partial charge in [0.15, 0.2) is 0 Å². The first-order chi connectivity index (χ1) is 11.6. The van der Waals surface area contributed by atoms with Crippen molar-refractivity contribution in [1.29, 1.82) is 0 Å². The molecule has 6 nitrogen and oxygen atoms in total. The highest BCUT2D eigenvalue weighted by molar-refractivity contribution is 7.49. The zero-order valence-electron chi connectivity index (χ0n) is 13.3. The number of carbonyl (C=O) groups is 1. The lowest BCUT2D eigenvalue weighted by Crippen LogP contribution is -2.12. The standard InChI is InChI=1S/C17H19O6P/c1-2-17(18)20-13-14-21-24(19,22-15-9-5-3-6-10-15)23-16-11-7-4-8-12-16/h3-12H,2,13-14H2,1H3. The molecule has 0 bridgehead atoms. The molecule has 0 amide bonds. The van der Waals surface area contributed by atoms with Gasteiger partial charge in [0, 0.05) is 6.42 Å². The third-order valence-corrected chi connectivity index (χ3v) is 4.17. The van der Waals surface area contributed by atoms with Crippen LogP contribution < -0.4 is 9.05 Å². The third-order valence-electron chi connectivity index (χ3n) is 2.81. The first-order valence-corrected chi connectivity index (χ1v) is 8.97. The van der Waals surface area contributed by atoms with Crippen LogP contribution in [0.2, 0.25) is 0 Å². The van der Waals surface area contributed by atoms with E-state index < -0.39 is 7.82 Å². The van der Waals surface area contributed by atoms with Crippen molar-refractivity contribution in [3.63, 3.8) is 0 Å². The minimum Gasteiger partial charge on any atom is -0.463 e. The number of rotatable bonds is 9. The number of ether oxygens (including phenoxy) is 1. The van der Waals surface area contributed by atoms with Crippen LogP contribution in [0.3, 0.4) is 0 Å². The lowest BCUT2D eigenvalue weighted by Gasteiger charge is -2.19. The summed E-state index contributed by atoms with van der Waals surface area (Å²) in [6.07, 6.45) is 0.263. The Hall–Kier alpha value is -2.30. The quantitative estimate of drug-likeness (QED) is 0.383. The van der Waals surface area contributed by atoms with Gasteiger partial charge in [-0.3, -0.25) is 9.32 Å². The van der Waals surface area contributed by atoms with E-state index in [1.165, 1.54) is 0 Å². The first-order valence-electron chi connectivity index (χ1n) is 7.51. The average Bonchev–Trinajstić information content (AvgIpc) is 2.60. The van der Waals surface area contributed by atoms with E-state index in [1.54, 1.807) is 67.6 Å². The second kappa shape index (κ2) is 9.11. The molecule has 0 aliphatic rings. The van der Waals surface area contributed by atoms with Gasteiger partial charge in [0.1, 0.15) is 18.1 Å². The van der Waals surface area contributed by atoms with E-state index in [-0.39, 0.29) is 25.6 Å². The van der Waals surface area contributed by atoms with Gasteiger partial charge in [-0.25, -0.2) is 4.57 Å². The van der Waals surface area contributed by atoms with Crippen molar-refractivity contribution >= 4 is 13.8 Å². The van der Waals surface area contributed by atoms with Crippen molar-refractivity contribution in [3.8, 4) is 11.5 Å². The largest absolute Gasteiger partial charge is 0.587 e. The zero-order chi connectivity index (χ0) is 17.3. The van der Waals surface area contributed by atoms with Crippen LogP contribution in [0.5, 0.6) is 11.5 Å². The molecule has 0 saturated carbocycles. The van der Waals surface area contributed by atoms with Crippen LogP contribution in [0.25, 0.3) is 0 Å². The second-order valence-corrected chi connectivity index (χ2v) is 6.18. The Morgan fingerprint density at radius 3 is 1.83 bits per heavy atom. The number of phosphoric acid groups is 1. The molecule has 2 rings (SSSR count). The minimum atomic E-state index is -3.92. The SMILES string of the molecule is CCC(=O)OCCOP(=O)(Oc1ccccc1)Oc1ccccc1. The molecule has 0 saturated heterocycles. The van der Waals surface area contributed by atoms with Gasteiger partial charge in [0.25, 0.3) is 0 Å². The van der Waals surface area contributed by atoms with Gasteiger partial charge in [0.2, 0.25) is 0 Å². The summed E-state index contributed by atoms with van der Waals surface area (Å²) in [6.45, 7) is 1.54. The molecule has 0 N–H and O–H groups in total. The van der Waals surface area contributed by atoms with Crippen molar-refractivity contribution in [1.82, 2.24) is 0 Å². The molecule has 0 radical (unpaired) electrons. The fourth-order valence-corrected chi connectivity index (χ4v) is 2.90. The van der Waals surface area contributed by atoms with Crippen molar-refractivity contribution in [2.24, 2.45) is 0 Å². The van der Waals surface area contributed by atoms with E-state index >= 15 is 0 Å². The Morgan fingerprint density at radius 2 is 1.38 bits per heavy atom. The summed E-state index contributed by atoms with van der Waals surface area (Å²) >= 11 is 0. The first kappa shape index (κ1) is 18.0. The van der Waals surface area contributed by atoms with Gasteiger partial charge < -0.3 is 13.8 Å².